The largest absolute Gasteiger partial charge is 0.386 e. The molecule has 1 amide bonds. The summed E-state index contributed by atoms with van der Waals surface area (Å²) in [5.74, 6) is -0.664. The van der Waals surface area contributed by atoms with Crippen molar-refractivity contribution < 1.29 is 14.3 Å². The van der Waals surface area contributed by atoms with Gasteiger partial charge in [0.15, 0.2) is 0 Å². The van der Waals surface area contributed by atoms with Gasteiger partial charge < -0.3 is 10.4 Å². The van der Waals surface area contributed by atoms with Gasteiger partial charge in [0.2, 0.25) is 0 Å². The average molecular weight is 299 g/mol. The van der Waals surface area contributed by atoms with Crippen LogP contribution in [-0.2, 0) is 6.42 Å². The number of amides is 1. The second-order valence-electron chi connectivity index (χ2n) is 5.62. The van der Waals surface area contributed by atoms with E-state index >= 15 is 0 Å². The summed E-state index contributed by atoms with van der Waals surface area (Å²) in [6.45, 7) is 0. The van der Waals surface area contributed by atoms with Gasteiger partial charge in [-0.1, -0.05) is 24.3 Å². The number of fused-ring (bicyclic) bond motifs is 1. The molecule has 0 bridgehead atoms. The summed E-state index contributed by atoms with van der Waals surface area (Å²) in [5, 5.41) is 13.4. The van der Waals surface area contributed by atoms with Crippen molar-refractivity contribution in [2.24, 2.45) is 0 Å². The number of aliphatic hydroxyl groups is 1. The molecule has 0 heterocycles. The molecule has 3 rings (SSSR count). The average Bonchev–Trinajstić information content (AvgIpc) is 2.68. The van der Waals surface area contributed by atoms with E-state index in [0.717, 1.165) is 24.0 Å². The van der Waals surface area contributed by atoms with E-state index in [-0.39, 0.29) is 17.8 Å². The molecule has 3 nitrogen and oxygen atoms in total. The Morgan fingerprint density at radius 2 is 1.86 bits per heavy atom. The number of hydrogen-bond donors (Lipinski definition) is 2. The van der Waals surface area contributed by atoms with Gasteiger partial charge in [0.25, 0.3) is 5.91 Å². The molecule has 1 aliphatic rings. The number of carbonyl (C=O) groups excluding carboxylic acids is 1. The number of hydrogen-bond acceptors (Lipinski definition) is 2. The third-order valence-electron chi connectivity index (χ3n) is 4.14. The normalized spacial score (nSPS) is 20.8. The van der Waals surface area contributed by atoms with Gasteiger partial charge in [-0.05, 0) is 54.7 Å². The standard InChI is InChI=1S/C18H18FNO2/c19-14-10-8-13(9-11-14)18(22)20-16-7-3-5-12-4-1-2-6-15(12)17(16)21/h1-2,4,6,8-11,16-17,21H,3,5,7H2,(H,20,22). The summed E-state index contributed by atoms with van der Waals surface area (Å²) in [5.41, 5.74) is 2.41. The highest BCUT2D eigenvalue weighted by molar-refractivity contribution is 5.94. The van der Waals surface area contributed by atoms with Crippen LogP contribution in [-0.4, -0.2) is 17.1 Å². The van der Waals surface area contributed by atoms with Gasteiger partial charge in [-0.25, -0.2) is 4.39 Å². The fourth-order valence-corrected chi connectivity index (χ4v) is 2.94. The Morgan fingerprint density at radius 3 is 2.64 bits per heavy atom. The van der Waals surface area contributed by atoms with Crippen LogP contribution in [0.3, 0.4) is 0 Å². The molecule has 2 atom stereocenters. The maximum absolute atomic E-state index is 12.9. The molecule has 0 spiro atoms. The summed E-state index contributed by atoms with van der Waals surface area (Å²) >= 11 is 0. The third-order valence-corrected chi connectivity index (χ3v) is 4.14. The van der Waals surface area contributed by atoms with Gasteiger partial charge in [-0.3, -0.25) is 4.79 Å². The first-order chi connectivity index (χ1) is 10.6. The summed E-state index contributed by atoms with van der Waals surface area (Å²) in [6, 6.07) is 12.9. The number of aryl methyl sites for hydroxylation is 1. The first-order valence-corrected chi connectivity index (χ1v) is 7.47. The van der Waals surface area contributed by atoms with Crippen LogP contribution in [0.2, 0.25) is 0 Å². The number of nitrogens with one attached hydrogen (secondary N) is 1. The molecule has 2 unspecified atom stereocenters. The molecule has 114 valence electrons. The second kappa shape index (κ2) is 6.28. The van der Waals surface area contributed by atoms with E-state index in [2.05, 4.69) is 5.32 Å². The summed E-state index contributed by atoms with van der Waals surface area (Å²) < 4.78 is 12.9. The van der Waals surface area contributed by atoms with Crippen LogP contribution in [0.5, 0.6) is 0 Å². The molecular weight excluding hydrogens is 281 g/mol. The molecule has 0 saturated heterocycles. The lowest BCUT2D eigenvalue weighted by molar-refractivity contribution is 0.0825. The molecule has 0 aliphatic heterocycles. The van der Waals surface area contributed by atoms with Crippen molar-refractivity contribution in [3.63, 3.8) is 0 Å². The van der Waals surface area contributed by atoms with Crippen LogP contribution in [0.1, 0.15) is 40.4 Å². The van der Waals surface area contributed by atoms with Gasteiger partial charge >= 0.3 is 0 Å². The van der Waals surface area contributed by atoms with E-state index in [4.69, 9.17) is 0 Å². The predicted octanol–water partition coefficient (Wildman–Crippen LogP) is 2.99. The zero-order chi connectivity index (χ0) is 15.5. The van der Waals surface area contributed by atoms with Crippen molar-refractivity contribution in [3.8, 4) is 0 Å². The van der Waals surface area contributed by atoms with Gasteiger partial charge in [0, 0.05) is 5.56 Å². The van der Waals surface area contributed by atoms with Crippen molar-refractivity contribution in [1.29, 1.82) is 0 Å². The molecule has 4 heteroatoms. The Balaban J connectivity index is 1.77. The van der Waals surface area contributed by atoms with E-state index in [1.165, 1.54) is 24.3 Å². The van der Waals surface area contributed by atoms with Crippen molar-refractivity contribution >= 4 is 5.91 Å². The Labute approximate surface area is 128 Å². The number of halogens is 1. The Hall–Kier alpha value is -2.20. The molecule has 2 aromatic rings. The molecule has 0 fully saturated rings. The van der Waals surface area contributed by atoms with Crippen molar-refractivity contribution in [1.82, 2.24) is 5.32 Å². The predicted molar refractivity (Wildman–Crippen MR) is 82.0 cm³/mol. The summed E-state index contributed by atoms with van der Waals surface area (Å²) in [6.07, 6.45) is 1.80. The maximum atomic E-state index is 12.9. The SMILES string of the molecule is O=C(NC1CCCc2ccccc2C1O)c1ccc(F)cc1. The van der Waals surface area contributed by atoms with Gasteiger partial charge in [0.1, 0.15) is 5.82 Å². The van der Waals surface area contributed by atoms with Crippen LogP contribution in [0.25, 0.3) is 0 Å². The van der Waals surface area contributed by atoms with Gasteiger partial charge in [-0.15, -0.1) is 0 Å². The molecule has 1 aliphatic carbocycles. The number of carbonyl (C=O) groups is 1. The van der Waals surface area contributed by atoms with E-state index < -0.39 is 6.10 Å². The zero-order valence-electron chi connectivity index (χ0n) is 12.1. The lowest BCUT2D eigenvalue weighted by Crippen LogP contribution is -2.39. The monoisotopic (exact) mass is 299 g/mol. The highest BCUT2D eigenvalue weighted by Crippen LogP contribution is 2.28. The molecular formula is C18H18FNO2. The third kappa shape index (κ3) is 3.02. The van der Waals surface area contributed by atoms with Crippen LogP contribution in [0.4, 0.5) is 4.39 Å². The molecule has 2 aromatic carbocycles. The smallest absolute Gasteiger partial charge is 0.251 e. The topological polar surface area (TPSA) is 49.3 Å². The van der Waals surface area contributed by atoms with Crippen molar-refractivity contribution in [3.05, 3.63) is 71.0 Å². The zero-order valence-corrected chi connectivity index (χ0v) is 12.1. The van der Waals surface area contributed by atoms with Crippen molar-refractivity contribution in [2.45, 2.75) is 31.4 Å². The van der Waals surface area contributed by atoms with E-state index in [9.17, 15) is 14.3 Å². The molecule has 2 N–H and O–H groups in total. The minimum atomic E-state index is -0.719. The maximum Gasteiger partial charge on any atom is 0.251 e. The minimum absolute atomic E-state index is 0.288. The first kappa shape index (κ1) is 14.7. The fourth-order valence-electron chi connectivity index (χ4n) is 2.94. The summed E-state index contributed by atoms with van der Waals surface area (Å²) in [7, 11) is 0. The second-order valence-corrected chi connectivity index (χ2v) is 5.62. The van der Waals surface area contributed by atoms with Crippen LogP contribution < -0.4 is 5.32 Å². The van der Waals surface area contributed by atoms with Crippen LogP contribution >= 0.6 is 0 Å². The Bertz CT molecular complexity index is 669. The summed E-state index contributed by atoms with van der Waals surface area (Å²) in [4.78, 5) is 12.2. The first-order valence-electron chi connectivity index (χ1n) is 7.47. The lowest BCUT2D eigenvalue weighted by Gasteiger charge is -2.23. The minimum Gasteiger partial charge on any atom is -0.386 e. The van der Waals surface area contributed by atoms with E-state index in [1.807, 2.05) is 24.3 Å². The number of benzene rings is 2. The highest BCUT2D eigenvalue weighted by Gasteiger charge is 2.27. The highest BCUT2D eigenvalue weighted by atomic mass is 19.1. The fraction of sp³-hybridized carbons (Fsp3) is 0.278. The molecule has 0 aromatic heterocycles. The Kier molecular flexibility index (Phi) is 4.20. The number of rotatable bonds is 2. The van der Waals surface area contributed by atoms with E-state index in [1.54, 1.807) is 0 Å². The van der Waals surface area contributed by atoms with E-state index in [0.29, 0.717) is 12.0 Å². The number of aliphatic hydroxyl groups excluding tert-OH is 1. The lowest BCUT2D eigenvalue weighted by atomic mass is 9.98. The molecule has 0 saturated carbocycles. The quantitative estimate of drug-likeness (QED) is 0.838. The van der Waals surface area contributed by atoms with Crippen LogP contribution in [0.15, 0.2) is 48.5 Å². The Morgan fingerprint density at radius 1 is 1.14 bits per heavy atom. The molecule has 0 radical (unpaired) electrons. The van der Waals surface area contributed by atoms with Crippen LogP contribution in [0, 0.1) is 5.82 Å². The van der Waals surface area contributed by atoms with Gasteiger partial charge in [0.05, 0.1) is 12.1 Å². The van der Waals surface area contributed by atoms with Crippen molar-refractivity contribution in [2.75, 3.05) is 0 Å². The molecule has 22 heavy (non-hydrogen) atoms. The van der Waals surface area contributed by atoms with Gasteiger partial charge in [-0.2, -0.15) is 0 Å².